The van der Waals surface area contributed by atoms with Gasteiger partial charge in [0, 0.05) is 32.8 Å². The monoisotopic (exact) mass is 307 g/mol. The number of hydrogen-bond donors (Lipinski definition) is 2. The van der Waals surface area contributed by atoms with Crippen LogP contribution in [-0.4, -0.2) is 48.7 Å². The van der Waals surface area contributed by atoms with Crippen LogP contribution < -0.4 is 16.0 Å². The molecule has 22 heavy (non-hydrogen) atoms. The van der Waals surface area contributed by atoms with Gasteiger partial charge in [0.15, 0.2) is 0 Å². The third-order valence-electron chi connectivity index (χ3n) is 3.96. The number of aromatic nitrogens is 2. The van der Waals surface area contributed by atoms with E-state index >= 15 is 0 Å². The molecule has 2 rings (SSSR count). The summed E-state index contributed by atoms with van der Waals surface area (Å²) >= 11 is 0. The van der Waals surface area contributed by atoms with Crippen LogP contribution in [0.3, 0.4) is 0 Å². The van der Waals surface area contributed by atoms with Gasteiger partial charge in [0.05, 0.1) is 12.6 Å². The summed E-state index contributed by atoms with van der Waals surface area (Å²) in [7, 11) is 1.60. The van der Waals surface area contributed by atoms with Crippen molar-refractivity contribution in [2.75, 3.05) is 37.4 Å². The first kappa shape index (κ1) is 16.5. The van der Waals surface area contributed by atoms with Crippen molar-refractivity contribution < 1.29 is 9.53 Å². The quantitative estimate of drug-likeness (QED) is 0.774. The van der Waals surface area contributed by atoms with E-state index in [0.717, 1.165) is 31.7 Å². The van der Waals surface area contributed by atoms with Crippen molar-refractivity contribution in [2.45, 2.75) is 32.2 Å². The Labute approximate surface area is 131 Å². The van der Waals surface area contributed by atoms with E-state index < -0.39 is 0 Å². The fourth-order valence-corrected chi connectivity index (χ4v) is 2.90. The third-order valence-corrected chi connectivity index (χ3v) is 3.96. The van der Waals surface area contributed by atoms with Crippen LogP contribution in [0, 0.1) is 5.92 Å². The van der Waals surface area contributed by atoms with Crippen molar-refractivity contribution in [1.29, 1.82) is 0 Å². The van der Waals surface area contributed by atoms with Crippen LogP contribution in [0.2, 0.25) is 0 Å². The van der Waals surface area contributed by atoms with Gasteiger partial charge in [-0.1, -0.05) is 13.3 Å². The maximum absolute atomic E-state index is 11.9. The van der Waals surface area contributed by atoms with Crippen LogP contribution in [0.4, 0.5) is 11.8 Å². The molecule has 7 nitrogen and oxygen atoms in total. The highest BCUT2D eigenvalue weighted by Crippen LogP contribution is 2.26. The first-order valence-corrected chi connectivity index (χ1v) is 7.75. The number of nitrogen functional groups attached to an aromatic ring is 1. The van der Waals surface area contributed by atoms with Crippen LogP contribution in [0.25, 0.3) is 0 Å². The van der Waals surface area contributed by atoms with Gasteiger partial charge >= 0.3 is 0 Å². The zero-order valence-corrected chi connectivity index (χ0v) is 13.3. The molecule has 7 heteroatoms. The summed E-state index contributed by atoms with van der Waals surface area (Å²) in [6.07, 6.45) is 4.23. The average molecular weight is 307 g/mol. The number of nitrogens with one attached hydrogen (secondary N) is 1. The third kappa shape index (κ3) is 4.30. The second-order valence-electron chi connectivity index (χ2n) is 5.64. The number of methoxy groups -OCH3 is 1. The Balaban J connectivity index is 2.01. The van der Waals surface area contributed by atoms with Gasteiger partial charge in [0.1, 0.15) is 5.82 Å². The Kier molecular flexibility index (Phi) is 5.94. The van der Waals surface area contributed by atoms with E-state index in [2.05, 4.69) is 27.1 Å². The minimum absolute atomic E-state index is 0.0389. The van der Waals surface area contributed by atoms with E-state index in [-0.39, 0.29) is 17.9 Å². The molecule has 1 aromatic heterocycles. The summed E-state index contributed by atoms with van der Waals surface area (Å²) in [6, 6.07) is 1.99. The minimum Gasteiger partial charge on any atom is -0.384 e. The van der Waals surface area contributed by atoms with Gasteiger partial charge in [0.25, 0.3) is 0 Å². The second kappa shape index (κ2) is 7.93. The van der Waals surface area contributed by atoms with Crippen LogP contribution in [-0.2, 0) is 9.53 Å². The van der Waals surface area contributed by atoms with Crippen molar-refractivity contribution in [2.24, 2.45) is 5.92 Å². The van der Waals surface area contributed by atoms with E-state index in [4.69, 9.17) is 10.5 Å². The molecule has 0 bridgehead atoms. The van der Waals surface area contributed by atoms with Crippen molar-refractivity contribution >= 4 is 17.7 Å². The molecular formula is C15H25N5O2. The lowest BCUT2D eigenvalue weighted by atomic mass is 9.98. The molecule has 2 unspecified atom stereocenters. The van der Waals surface area contributed by atoms with Crippen LogP contribution >= 0.6 is 0 Å². The molecule has 1 aliphatic rings. The lowest BCUT2D eigenvalue weighted by Crippen LogP contribution is -2.41. The van der Waals surface area contributed by atoms with E-state index in [1.807, 2.05) is 6.07 Å². The van der Waals surface area contributed by atoms with Crippen LogP contribution in [0.5, 0.6) is 0 Å². The molecule has 122 valence electrons. The molecule has 3 N–H and O–H groups in total. The topological polar surface area (TPSA) is 93.4 Å². The molecule has 0 radical (unpaired) electrons. The number of carbonyl (C=O) groups excluding carboxylic acids is 1. The lowest BCUT2D eigenvalue weighted by Gasteiger charge is -2.19. The highest BCUT2D eigenvalue weighted by atomic mass is 16.5. The van der Waals surface area contributed by atoms with E-state index in [1.165, 1.54) is 0 Å². The van der Waals surface area contributed by atoms with E-state index in [0.29, 0.717) is 18.9 Å². The molecule has 2 atom stereocenters. The highest BCUT2D eigenvalue weighted by molar-refractivity contribution is 5.76. The minimum atomic E-state index is 0.0389. The largest absolute Gasteiger partial charge is 0.384 e. The second-order valence-corrected chi connectivity index (χ2v) is 5.64. The molecule has 0 aromatic carbocycles. The number of carbonyl (C=O) groups is 1. The first-order chi connectivity index (χ1) is 10.6. The summed E-state index contributed by atoms with van der Waals surface area (Å²) in [4.78, 5) is 22.3. The molecule has 1 aliphatic heterocycles. The highest BCUT2D eigenvalue weighted by Gasteiger charge is 2.33. The molecule has 1 saturated heterocycles. The summed E-state index contributed by atoms with van der Waals surface area (Å²) in [5, 5.41) is 3.13. The SMILES string of the molecule is CCCC1CN(c2ccnc(N)n2)CC1NC(=O)CCOC. The molecular weight excluding hydrogens is 282 g/mol. The number of nitrogens with two attached hydrogens (primary N) is 1. The summed E-state index contributed by atoms with van der Waals surface area (Å²) in [6.45, 7) is 4.23. The predicted octanol–water partition coefficient (Wildman–Crippen LogP) is 0.816. The van der Waals surface area contributed by atoms with Crippen LogP contribution in [0.1, 0.15) is 26.2 Å². The standard InChI is InChI=1S/C15H25N5O2/c1-3-4-11-9-20(13-5-7-17-15(16)19-13)10-12(11)18-14(21)6-8-22-2/h5,7,11-12H,3-4,6,8-10H2,1-2H3,(H,18,21)(H2,16,17,19). The Hall–Kier alpha value is -1.89. The molecule has 1 aromatic rings. The fourth-order valence-electron chi connectivity index (χ4n) is 2.90. The number of rotatable bonds is 7. The molecule has 2 heterocycles. The maximum Gasteiger partial charge on any atom is 0.222 e. The summed E-state index contributed by atoms with van der Waals surface area (Å²) in [5.41, 5.74) is 5.66. The zero-order chi connectivity index (χ0) is 15.9. The molecule has 1 fully saturated rings. The van der Waals surface area contributed by atoms with Crippen LogP contribution in [0.15, 0.2) is 12.3 Å². The molecule has 0 saturated carbocycles. The Morgan fingerprint density at radius 3 is 3.05 bits per heavy atom. The number of anilines is 2. The maximum atomic E-state index is 11.9. The summed E-state index contributed by atoms with van der Waals surface area (Å²) in [5.74, 6) is 1.56. The van der Waals surface area contributed by atoms with Gasteiger partial charge in [-0.3, -0.25) is 4.79 Å². The Bertz CT molecular complexity index is 497. The number of amides is 1. The lowest BCUT2D eigenvalue weighted by molar-refractivity contribution is -0.122. The molecule has 0 aliphatic carbocycles. The van der Waals surface area contributed by atoms with E-state index in [9.17, 15) is 4.79 Å². The number of hydrogen-bond acceptors (Lipinski definition) is 6. The van der Waals surface area contributed by atoms with Gasteiger partial charge in [-0.25, -0.2) is 4.98 Å². The molecule has 1 amide bonds. The van der Waals surface area contributed by atoms with Gasteiger partial charge in [-0.15, -0.1) is 0 Å². The van der Waals surface area contributed by atoms with Gasteiger partial charge in [-0.05, 0) is 18.4 Å². The zero-order valence-electron chi connectivity index (χ0n) is 13.3. The Morgan fingerprint density at radius 1 is 1.55 bits per heavy atom. The fraction of sp³-hybridized carbons (Fsp3) is 0.667. The summed E-state index contributed by atoms with van der Waals surface area (Å²) < 4.78 is 4.95. The van der Waals surface area contributed by atoms with Crippen molar-refractivity contribution in [3.05, 3.63) is 12.3 Å². The predicted molar refractivity (Wildman–Crippen MR) is 85.5 cm³/mol. The Morgan fingerprint density at radius 2 is 2.36 bits per heavy atom. The van der Waals surface area contributed by atoms with Gasteiger partial charge < -0.3 is 20.7 Å². The first-order valence-electron chi connectivity index (χ1n) is 7.75. The van der Waals surface area contributed by atoms with Crippen molar-refractivity contribution in [3.8, 4) is 0 Å². The number of ether oxygens (including phenoxy) is 1. The number of nitrogens with zero attached hydrogens (tertiary/aromatic N) is 3. The van der Waals surface area contributed by atoms with Crippen molar-refractivity contribution in [3.63, 3.8) is 0 Å². The molecule has 0 spiro atoms. The van der Waals surface area contributed by atoms with Crippen molar-refractivity contribution in [1.82, 2.24) is 15.3 Å². The smallest absolute Gasteiger partial charge is 0.222 e. The van der Waals surface area contributed by atoms with E-state index in [1.54, 1.807) is 13.3 Å². The van der Waals surface area contributed by atoms with Gasteiger partial charge in [-0.2, -0.15) is 4.98 Å². The van der Waals surface area contributed by atoms with Gasteiger partial charge in [0.2, 0.25) is 11.9 Å². The normalized spacial score (nSPS) is 21.1. The average Bonchev–Trinajstić information content (AvgIpc) is 2.88.